The molecule has 2 N–H and O–H groups in total. The monoisotopic (exact) mass is 182 g/mol. The normalized spacial score (nSPS) is 10.5. The molecule has 12 heavy (non-hydrogen) atoms. The van der Waals surface area contributed by atoms with E-state index >= 15 is 0 Å². The van der Waals surface area contributed by atoms with Crippen LogP contribution in [0.5, 0.6) is 0 Å². The number of aliphatic hydroxyl groups excluding tert-OH is 1. The molecule has 0 fully saturated rings. The van der Waals surface area contributed by atoms with Crippen LogP contribution in [0.2, 0.25) is 0 Å². The molecular weight excluding hydrogens is 168 g/mol. The maximum absolute atomic E-state index is 8.43. The fourth-order valence-corrected chi connectivity index (χ4v) is 0.490. The lowest BCUT2D eigenvalue weighted by molar-refractivity contribution is -0.876. The van der Waals surface area contributed by atoms with Gasteiger partial charge in [0.05, 0.1) is 26.2 Å². The third kappa shape index (κ3) is 35.6. The molecule has 0 aromatic carbocycles. The molecule has 0 aromatic rings. The molecule has 74 valence electrons. The fourth-order valence-electron chi connectivity index (χ4n) is 0.490. The van der Waals surface area contributed by atoms with Crippen molar-refractivity contribution in [3.05, 3.63) is 15.3 Å². The van der Waals surface area contributed by atoms with Gasteiger partial charge in [-0.1, -0.05) is 0 Å². The van der Waals surface area contributed by atoms with Crippen molar-refractivity contribution in [2.75, 3.05) is 27.7 Å². The van der Waals surface area contributed by atoms with Gasteiger partial charge in [-0.05, 0) is 0 Å². The fraction of sp³-hybridized carbons (Fsp3) is 1.00. The molecule has 0 saturated heterocycles. The van der Waals surface area contributed by atoms with Gasteiger partial charge < -0.3 is 30.0 Å². The number of hydrogen-bond donors (Lipinski definition) is 2. The third-order valence-electron chi connectivity index (χ3n) is 0.711. The molecule has 0 atom stereocenters. The van der Waals surface area contributed by atoms with E-state index in [1.807, 2.05) is 21.1 Å². The minimum atomic E-state index is -1.75. The highest BCUT2D eigenvalue weighted by Gasteiger charge is 2.10. The van der Waals surface area contributed by atoms with E-state index in [4.69, 9.17) is 25.5 Å². The second-order valence-corrected chi connectivity index (χ2v) is 3.18. The molecule has 0 rings (SSSR count). The van der Waals surface area contributed by atoms with Gasteiger partial charge in [0.1, 0.15) is 6.54 Å². The van der Waals surface area contributed by atoms with Crippen LogP contribution in [0, 0.1) is 15.3 Å². The summed E-state index contributed by atoms with van der Waals surface area (Å²) < 4.78 is 0.581. The zero-order valence-electron chi connectivity index (χ0n) is 7.30. The van der Waals surface area contributed by atoms with E-state index in [2.05, 4.69) is 0 Å². The molecule has 0 aliphatic rings. The molecule has 7 heteroatoms. The van der Waals surface area contributed by atoms with Crippen LogP contribution in [0.25, 0.3) is 0 Å². The lowest BCUT2D eigenvalue weighted by atomic mass is 10.5. The van der Waals surface area contributed by atoms with Gasteiger partial charge in [0.15, 0.2) is 0 Å². The van der Waals surface area contributed by atoms with Crippen molar-refractivity contribution in [1.29, 1.82) is 0 Å². The lowest BCUT2D eigenvalue weighted by Crippen LogP contribution is -2.41. The van der Waals surface area contributed by atoms with Gasteiger partial charge in [0.25, 0.3) is 0 Å². The Bertz CT molecular complexity index is 126. The van der Waals surface area contributed by atoms with Gasteiger partial charge in [-0.25, -0.2) is 0 Å². The molecule has 0 spiro atoms. The zero-order valence-corrected chi connectivity index (χ0v) is 7.30. The van der Waals surface area contributed by atoms with Crippen LogP contribution < -0.4 is 0 Å². The zero-order chi connectivity index (χ0) is 10.4. The van der Waals surface area contributed by atoms with Crippen LogP contribution in [-0.4, -0.2) is 53.8 Å². The van der Waals surface area contributed by atoms with Crippen LogP contribution in [-0.2, 0) is 0 Å². The minimum Gasteiger partial charge on any atom is -0.364 e. The Morgan fingerprint density at radius 3 is 1.58 bits per heavy atom. The van der Waals surface area contributed by atoms with Crippen LogP contribution in [0.4, 0.5) is 0 Å². The Morgan fingerprint density at radius 1 is 1.33 bits per heavy atom. The first-order valence-corrected chi connectivity index (χ1v) is 3.13. The predicted octanol–water partition coefficient (Wildman–Crippen LogP) is -1.24. The van der Waals surface area contributed by atoms with E-state index in [0.29, 0.717) is 11.0 Å². The molecule has 0 bridgehead atoms. The molecule has 0 aliphatic carbocycles. The Morgan fingerprint density at radius 2 is 1.58 bits per heavy atom. The summed E-state index contributed by atoms with van der Waals surface area (Å²) in [6.07, 6.45) is -1.19. The standard InChI is InChI=1S/C5H14NO2.NO3/c1-6(2,3)4-5(7)8;2-1(3)4/h5,7-8H,4H2,1-3H3;/q+1;-1. The van der Waals surface area contributed by atoms with E-state index in [1.54, 1.807) is 0 Å². The van der Waals surface area contributed by atoms with Gasteiger partial charge in [0.2, 0.25) is 6.29 Å². The van der Waals surface area contributed by atoms with Crippen molar-refractivity contribution in [2.24, 2.45) is 0 Å². The molecule has 7 nitrogen and oxygen atoms in total. The summed E-state index contributed by atoms with van der Waals surface area (Å²) in [5.74, 6) is 0. The van der Waals surface area contributed by atoms with Crippen molar-refractivity contribution in [1.82, 2.24) is 0 Å². The minimum absolute atomic E-state index is 0.375. The van der Waals surface area contributed by atoms with Crippen molar-refractivity contribution in [3.8, 4) is 0 Å². The summed E-state index contributed by atoms with van der Waals surface area (Å²) in [6.45, 7) is 0.375. The van der Waals surface area contributed by atoms with Gasteiger partial charge in [-0.2, -0.15) is 0 Å². The van der Waals surface area contributed by atoms with Gasteiger partial charge in [-0.15, -0.1) is 0 Å². The SMILES string of the molecule is C[N+](C)(C)CC(O)O.O=[N+]([O-])[O-]. The molecular formula is C5H14N2O5. The summed E-state index contributed by atoms with van der Waals surface area (Å²) in [7, 11) is 5.71. The van der Waals surface area contributed by atoms with E-state index < -0.39 is 11.4 Å². The van der Waals surface area contributed by atoms with Gasteiger partial charge >= 0.3 is 0 Å². The highest BCUT2D eigenvalue weighted by molar-refractivity contribution is 4.28. The Balaban J connectivity index is 0. The summed E-state index contributed by atoms with van der Waals surface area (Å²) in [5.41, 5.74) is 0. The number of nitrogens with zero attached hydrogens (tertiary/aromatic N) is 2. The first-order valence-electron chi connectivity index (χ1n) is 3.13. The summed E-state index contributed by atoms with van der Waals surface area (Å²) in [5, 5.41) is 31.6. The number of likely N-dealkylation sites (N-methyl/N-ethyl adjacent to an activating group) is 1. The summed E-state index contributed by atoms with van der Waals surface area (Å²) in [6, 6.07) is 0. The molecule has 0 radical (unpaired) electrons. The first kappa shape index (κ1) is 13.7. The number of hydrogen-bond acceptors (Lipinski definition) is 5. The Labute approximate surface area is 70.2 Å². The second-order valence-electron chi connectivity index (χ2n) is 3.18. The molecule has 0 aliphatic heterocycles. The molecule has 0 aromatic heterocycles. The number of aliphatic hydroxyl groups is 2. The van der Waals surface area contributed by atoms with E-state index in [1.165, 1.54) is 0 Å². The number of quaternary nitrogens is 1. The number of rotatable bonds is 2. The maximum Gasteiger partial charge on any atom is 0.202 e. The quantitative estimate of drug-likeness (QED) is 0.240. The van der Waals surface area contributed by atoms with Crippen molar-refractivity contribution < 1.29 is 19.8 Å². The smallest absolute Gasteiger partial charge is 0.202 e. The summed E-state index contributed by atoms with van der Waals surface area (Å²) >= 11 is 0. The van der Waals surface area contributed by atoms with Crippen molar-refractivity contribution in [2.45, 2.75) is 6.29 Å². The average Bonchev–Trinajstić information content (AvgIpc) is 1.52. The second kappa shape index (κ2) is 5.70. The highest BCUT2D eigenvalue weighted by Crippen LogP contribution is 1.90. The average molecular weight is 182 g/mol. The molecule has 0 saturated carbocycles. The molecule has 0 unspecified atom stereocenters. The third-order valence-corrected chi connectivity index (χ3v) is 0.711. The topological polar surface area (TPSA) is 107 Å². The van der Waals surface area contributed by atoms with Crippen molar-refractivity contribution in [3.63, 3.8) is 0 Å². The lowest BCUT2D eigenvalue weighted by Gasteiger charge is -2.24. The van der Waals surface area contributed by atoms with Crippen LogP contribution >= 0.6 is 0 Å². The maximum atomic E-state index is 8.43. The molecule has 0 amide bonds. The van der Waals surface area contributed by atoms with Crippen molar-refractivity contribution >= 4 is 0 Å². The summed E-state index contributed by atoms with van der Waals surface area (Å²) in [4.78, 5) is 8.25. The highest BCUT2D eigenvalue weighted by atomic mass is 16.9. The first-order chi connectivity index (χ1) is 5.15. The predicted molar refractivity (Wildman–Crippen MR) is 41.5 cm³/mol. The van der Waals surface area contributed by atoms with Gasteiger partial charge in [-0.3, -0.25) is 0 Å². The molecule has 0 heterocycles. The van der Waals surface area contributed by atoms with Crippen LogP contribution in [0.15, 0.2) is 0 Å². The van der Waals surface area contributed by atoms with Crippen LogP contribution in [0.3, 0.4) is 0 Å². The van der Waals surface area contributed by atoms with Gasteiger partial charge in [0, 0.05) is 0 Å². The van der Waals surface area contributed by atoms with E-state index in [-0.39, 0.29) is 0 Å². The Kier molecular flexibility index (Phi) is 6.48. The van der Waals surface area contributed by atoms with E-state index in [0.717, 1.165) is 0 Å². The largest absolute Gasteiger partial charge is 0.364 e. The Hall–Kier alpha value is -0.920. The van der Waals surface area contributed by atoms with Crippen LogP contribution in [0.1, 0.15) is 0 Å². The van der Waals surface area contributed by atoms with E-state index in [9.17, 15) is 0 Å².